The van der Waals surface area contributed by atoms with Crippen molar-refractivity contribution in [1.29, 1.82) is 0 Å². The van der Waals surface area contributed by atoms with Crippen molar-refractivity contribution in [3.63, 3.8) is 0 Å². The summed E-state index contributed by atoms with van der Waals surface area (Å²) in [6.45, 7) is 9.21. The predicted octanol–water partition coefficient (Wildman–Crippen LogP) is 6.48. The minimum absolute atomic E-state index is 0.0307. The summed E-state index contributed by atoms with van der Waals surface area (Å²) in [6, 6.07) is 15.3. The molecule has 0 bridgehead atoms. The van der Waals surface area contributed by atoms with E-state index in [1.807, 2.05) is 19.1 Å². The van der Waals surface area contributed by atoms with E-state index in [1.165, 1.54) is 19.2 Å². The maximum Gasteiger partial charge on any atom is 0.343 e. The number of rotatable bonds is 16. The van der Waals surface area contributed by atoms with Gasteiger partial charge in [-0.1, -0.05) is 25.6 Å². The lowest BCUT2D eigenvalue weighted by Gasteiger charge is -2.34. The number of carbonyl (C=O) groups excluding carboxylic acids is 3. The Bertz CT molecular complexity index is 1500. The minimum Gasteiger partial charge on any atom is -0.493 e. The first-order valence-corrected chi connectivity index (χ1v) is 15.6. The van der Waals surface area contributed by atoms with E-state index in [-0.39, 0.29) is 42.0 Å². The molecule has 0 aliphatic heterocycles. The fourth-order valence-corrected chi connectivity index (χ4v) is 5.24. The summed E-state index contributed by atoms with van der Waals surface area (Å²) >= 11 is 0. The van der Waals surface area contributed by atoms with Gasteiger partial charge in [-0.2, -0.15) is 0 Å². The molecular formula is C36H42O10. The van der Waals surface area contributed by atoms with Gasteiger partial charge in [-0.15, -0.1) is 0 Å². The Balaban J connectivity index is 1.36. The molecule has 246 valence electrons. The standard InChI is InChI=1S/C36H42O10/c1-5-15-42-30-21-29(41-7-3)22-31(23-30)45-35(38)27-12-14-32(33(20-27)40-4)46-36(39)26-10-9-25-19-28(13-11-24(25)18-26)43-16-8-17-44-34(37)6-2/h6,9-14,18-20,29-31H,2,5,7-8,15-17,21-23H2,1,3-4H3. The molecule has 3 aromatic rings. The van der Waals surface area contributed by atoms with Crippen LogP contribution in [0, 0.1) is 0 Å². The van der Waals surface area contributed by atoms with Gasteiger partial charge in [0, 0.05) is 45.0 Å². The summed E-state index contributed by atoms with van der Waals surface area (Å²) in [5.41, 5.74) is 0.624. The van der Waals surface area contributed by atoms with E-state index in [2.05, 4.69) is 13.5 Å². The second-order valence-electron chi connectivity index (χ2n) is 10.9. The van der Waals surface area contributed by atoms with E-state index in [9.17, 15) is 14.4 Å². The first-order chi connectivity index (χ1) is 22.3. The fourth-order valence-electron chi connectivity index (χ4n) is 5.24. The third-order valence-electron chi connectivity index (χ3n) is 7.43. The van der Waals surface area contributed by atoms with E-state index < -0.39 is 17.9 Å². The van der Waals surface area contributed by atoms with Crippen molar-refractivity contribution in [3.05, 3.63) is 78.4 Å². The highest BCUT2D eigenvalue weighted by atomic mass is 16.6. The van der Waals surface area contributed by atoms with Crippen LogP contribution in [0.4, 0.5) is 0 Å². The molecule has 0 N–H and O–H groups in total. The van der Waals surface area contributed by atoms with Gasteiger partial charge in [0.1, 0.15) is 11.9 Å². The smallest absolute Gasteiger partial charge is 0.343 e. The normalized spacial score (nSPS) is 17.6. The van der Waals surface area contributed by atoms with Gasteiger partial charge in [-0.3, -0.25) is 0 Å². The number of esters is 3. The number of hydrogen-bond donors (Lipinski definition) is 0. The Morgan fingerprint density at radius 2 is 1.48 bits per heavy atom. The zero-order valence-electron chi connectivity index (χ0n) is 26.7. The SMILES string of the molecule is C=CC(=O)OCCCOc1ccc2cc(C(=O)Oc3ccc(C(=O)OC4CC(OCC)CC(OCCC)C4)cc3OC)ccc2c1. The number of carbonyl (C=O) groups is 3. The Kier molecular flexibility index (Phi) is 13.0. The first-order valence-electron chi connectivity index (χ1n) is 15.6. The Morgan fingerprint density at radius 1 is 0.783 bits per heavy atom. The summed E-state index contributed by atoms with van der Waals surface area (Å²) in [5.74, 6) is -0.482. The van der Waals surface area contributed by atoms with Crippen LogP contribution in [-0.2, 0) is 23.7 Å². The van der Waals surface area contributed by atoms with Crippen molar-refractivity contribution in [2.24, 2.45) is 0 Å². The maximum atomic E-state index is 13.1. The van der Waals surface area contributed by atoms with E-state index in [0.717, 1.165) is 29.7 Å². The summed E-state index contributed by atoms with van der Waals surface area (Å²) < 4.78 is 39.4. The van der Waals surface area contributed by atoms with Crippen molar-refractivity contribution in [2.45, 2.75) is 64.3 Å². The van der Waals surface area contributed by atoms with Gasteiger partial charge in [0.2, 0.25) is 0 Å². The molecule has 1 aliphatic carbocycles. The number of methoxy groups -OCH3 is 1. The molecule has 0 amide bonds. The number of ether oxygens (including phenoxy) is 7. The number of hydrogen-bond acceptors (Lipinski definition) is 10. The van der Waals surface area contributed by atoms with Crippen LogP contribution >= 0.6 is 0 Å². The van der Waals surface area contributed by atoms with Crippen molar-refractivity contribution >= 4 is 28.7 Å². The van der Waals surface area contributed by atoms with Crippen molar-refractivity contribution in [3.8, 4) is 17.2 Å². The molecular weight excluding hydrogens is 592 g/mol. The molecule has 4 rings (SSSR count). The van der Waals surface area contributed by atoms with Gasteiger partial charge >= 0.3 is 17.9 Å². The third kappa shape index (κ3) is 9.79. The monoisotopic (exact) mass is 634 g/mol. The Labute approximate surface area is 269 Å². The molecule has 1 aliphatic rings. The average Bonchev–Trinajstić information content (AvgIpc) is 3.06. The molecule has 0 radical (unpaired) electrons. The molecule has 0 spiro atoms. The van der Waals surface area contributed by atoms with Gasteiger partial charge < -0.3 is 33.2 Å². The summed E-state index contributed by atoms with van der Waals surface area (Å²) in [6.07, 6.45) is 4.16. The largest absolute Gasteiger partial charge is 0.493 e. The van der Waals surface area contributed by atoms with E-state index in [1.54, 1.807) is 30.3 Å². The van der Waals surface area contributed by atoms with E-state index in [4.69, 9.17) is 33.2 Å². The highest BCUT2D eigenvalue weighted by molar-refractivity contribution is 5.97. The van der Waals surface area contributed by atoms with Gasteiger partial charge in [-0.25, -0.2) is 14.4 Å². The third-order valence-corrected chi connectivity index (χ3v) is 7.43. The number of benzene rings is 3. The summed E-state index contributed by atoms with van der Waals surface area (Å²) in [4.78, 5) is 37.3. The van der Waals surface area contributed by atoms with Crippen molar-refractivity contribution in [2.75, 3.05) is 33.5 Å². The molecule has 10 heteroatoms. The molecule has 1 fully saturated rings. The van der Waals surface area contributed by atoms with Crippen LogP contribution in [0.3, 0.4) is 0 Å². The predicted molar refractivity (Wildman–Crippen MR) is 172 cm³/mol. The van der Waals surface area contributed by atoms with Crippen LogP contribution in [0.2, 0.25) is 0 Å². The van der Waals surface area contributed by atoms with Crippen LogP contribution in [0.5, 0.6) is 17.2 Å². The maximum absolute atomic E-state index is 13.1. The molecule has 0 saturated heterocycles. The van der Waals surface area contributed by atoms with Gasteiger partial charge in [0.05, 0.1) is 43.7 Å². The molecule has 0 aromatic heterocycles. The molecule has 0 heterocycles. The van der Waals surface area contributed by atoms with Gasteiger partial charge in [-0.05, 0) is 66.6 Å². The van der Waals surface area contributed by atoms with Crippen LogP contribution < -0.4 is 14.2 Å². The topological polar surface area (TPSA) is 116 Å². The summed E-state index contributed by atoms with van der Waals surface area (Å²) in [7, 11) is 1.44. The lowest BCUT2D eigenvalue weighted by molar-refractivity contribution is -0.137. The molecule has 46 heavy (non-hydrogen) atoms. The minimum atomic E-state index is -0.577. The Morgan fingerprint density at radius 3 is 2.22 bits per heavy atom. The quantitative estimate of drug-likeness (QED) is 0.0751. The van der Waals surface area contributed by atoms with Crippen molar-refractivity contribution < 1.29 is 47.5 Å². The fraction of sp³-hybridized carbons (Fsp3) is 0.417. The summed E-state index contributed by atoms with van der Waals surface area (Å²) in [5, 5.41) is 1.70. The average molecular weight is 635 g/mol. The van der Waals surface area contributed by atoms with Crippen LogP contribution in [0.1, 0.15) is 66.7 Å². The van der Waals surface area contributed by atoms with Crippen LogP contribution in [-0.4, -0.2) is 69.8 Å². The Hall–Kier alpha value is -4.41. The van der Waals surface area contributed by atoms with Gasteiger partial charge in [0.25, 0.3) is 0 Å². The highest BCUT2D eigenvalue weighted by Crippen LogP contribution is 2.32. The van der Waals surface area contributed by atoms with Crippen molar-refractivity contribution in [1.82, 2.24) is 0 Å². The highest BCUT2D eigenvalue weighted by Gasteiger charge is 2.32. The second kappa shape index (κ2) is 17.3. The zero-order chi connectivity index (χ0) is 32.9. The first kappa shape index (κ1) is 34.5. The zero-order valence-corrected chi connectivity index (χ0v) is 26.7. The molecule has 10 nitrogen and oxygen atoms in total. The molecule has 3 unspecified atom stereocenters. The van der Waals surface area contributed by atoms with Gasteiger partial charge in [0.15, 0.2) is 11.5 Å². The lowest BCUT2D eigenvalue weighted by Crippen LogP contribution is -2.38. The van der Waals surface area contributed by atoms with E-state index >= 15 is 0 Å². The molecule has 1 saturated carbocycles. The van der Waals surface area contributed by atoms with Crippen LogP contribution in [0.15, 0.2) is 67.3 Å². The van der Waals surface area contributed by atoms with Crippen LogP contribution in [0.25, 0.3) is 10.8 Å². The molecule has 3 aromatic carbocycles. The molecule has 3 atom stereocenters. The number of fused-ring (bicyclic) bond motifs is 1. The lowest BCUT2D eigenvalue weighted by atomic mass is 9.92. The van der Waals surface area contributed by atoms with E-state index in [0.29, 0.717) is 50.4 Å². The second-order valence-corrected chi connectivity index (χ2v) is 10.9.